The van der Waals surface area contributed by atoms with Crippen molar-refractivity contribution in [3.63, 3.8) is 0 Å². The Bertz CT molecular complexity index is 834. The van der Waals surface area contributed by atoms with Gasteiger partial charge in [0.1, 0.15) is 11.5 Å². The zero-order valence-corrected chi connectivity index (χ0v) is 12.6. The molecule has 1 heteroatoms. The van der Waals surface area contributed by atoms with E-state index >= 15 is 0 Å². The molecule has 1 radical (unpaired) electrons. The molecule has 0 aliphatic heterocycles. The highest BCUT2D eigenvalue weighted by molar-refractivity contribution is 5.82. The molecule has 1 nitrogen and oxygen atoms in total. The summed E-state index contributed by atoms with van der Waals surface area (Å²) in [5, 5.41) is 0. The van der Waals surface area contributed by atoms with E-state index in [1.165, 1.54) is 0 Å². The molecule has 0 N–H and O–H groups in total. The average molecular weight is 295 g/mol. The van der Waals surface area contributed by atoms with Crippen molar-refractivity contribution in [3.8, 4) is 33.8 Å². The molecule has 3 aromatic carbocycles. The Kier molecular flexibility index (Phi) is 3.53. The van der Waals surface area contributed by atoms with Gasteiger partial charge in [0.05, 0.1) is 0 Å². The highest BCUT2D eigenvalue weighted by Crippen LogP contribution is 2.37. The van der Waals surface area contributed by atoms with Gasteiger partial charge in [-0.15, -0.1) is 0 Å². The van der Waals surface area contributed by atoms with Crippen LogP contribution in [0.25, 0.3) is 33.8 Å². The zero-order chi connectivity index (χ0) is 15.5. The lowest BCUT2D eigenvalue weighted by molar-refractivity contribution is 0.597. The lowest BCUT2D eigenvalue weighted by atomic mass is 10.0. The van der Waals surface area contributed by atoms with Crippen LogP contribution in [-0.2, 0) is 0 Å². The fourth-order valence-corrected chi connectivity index (χ4v) is 2.67. The molecular formula is C22H15O. The largest absolute Gasteiger partial charge is 0.455 e. The van der Waals surface area contributed by atoms with E-state index in [0.29, 0.717) is 0 Å². The zero-order valence-electron chi connectivity index (χ0n) is 12.6. The van der Waals surface area contributed by atoms with Crippen molar-refractivity contribution >= 4 is 0 Å². The third-order valence-corrected chi connectivity index (χ3v) is 3.80. The summed E-state index contributed by atoms with van der Waals surface area (Å²) >= 11 is 0. The molecule has 4 rings (SSSR count). The third-order valence-electron chi connectivity index (χ3n) is 3.80. The normalized spacial score (nSPS) is 10.6. The van der Waals surface area contributed by atoms with Crippen LogP contribution in [0.15, 0.2) is 95.4 Å². The van der Waals surface area contributed by atoms with Gasteiger partial charge < -0.3 is 4.42 Å². The molecule has 0 saturated carbocycles. The van der Waals surface area contributed by atoms with E-state index in [0.717, 1.165) is 33.8 Å². The summed E-state index contributed by atoms with van der Waals surface area (Å²) < 4.78 is 6.19. The molecule has 0 bridgehead atoms. The molecule has 0 spiro atoms. The molecule has 1 heterocycles. The van der Waals surface area contributed by atoms with Crippen molar-refractivity contribution in [2.45, 2.75) is 0 Å². The first kappa shape index (κ1) is 13.6. The van der Waals surface area contributed by atoms with Gasteiger partial charge in [-0.3, -0.25) is 0 Å². The van der Waals surface area contributed by atoms with E-state index in [4.69, 9.17) is 4.42 Å². The Morgan fingerprint density at radius 2 is 1.00 bits per heavy atom. The van der Waals surface area contributed by atoms with Crippen LogP contribution in [0.2, 0.25) is 0 Å². The van der Waals surface area contributed by atoms with Crippen molar-refractivity contribution in [3.05, 3.63) is 97.1 Å². The van der Waals surface area contributed by atoms with Crippen molar-refractivity contribution in [1.82, 2.24) is 0 Å². The molecule has 1 aromatic heterocycles. The molecule has 0 saturated heterocycles. The molecule has 23 heavy (non-hydrogen) atoms. The predicted octanol–water partition coefficient (Wildman–Crippen LogP) is 6.08. The number of furan rings is 1. The summed E-state index contributed by atoms with van der Waals surface area (Å²) in [6.45, 7) is 0. The molecular weight excluding hydrogens is 280 g/mol. The minimum absolute atomic E-state index is 0.767. The SMILES string of the molecule is [c]1c(-c2ccccc2)oc(-c2ccccc2)c1-c1ccccc1. The lowest BCUT2D eigenvalue weighted by Gasteiger charge is -2.02. The molecule has 0 aliphatic carbocycles. The summed E-state index contributed by atoms with van der Waals surface area (Å²) in [6, 6.07) is 34.0. The van der Waals surface area contributed by atoms with Crippen molar-refractivity contribution in [1.29, 1.82) is 0 Å². The first-order valence-electron chi connectivity index (χ1n) is 7.64. The lowest BCUT2D eigenvalue weighted by Crippen LogP contribution is -1.79. The maximum absolute atomic E-state index is 6.19. The maximum atomic E-state index is 6.19. The Morgan fingerprint density at radius 3 is 1.57 bits per heavy atom. The standard InChI is InChI=1S/C22H15O/c1-4-10-17(11-5-1)20-16-21(18-12-6-2-7-13-18)23-22(20)19-14-8-3-9-15-19/h1-15H. The van der Waals surface area contributed by atoms with Crippen LogP contribution < -0.4 is 0 Å². The molecule has 0 amide bonds. The minimum atomic E-state index is 0.767. The summed E-state index contributed by atoms with van der Waals surface area (Å²) in [5.41, 5.74) is 4.20. The molecule has 0 atom stereocenters. The topological polar surface area (TPSA) is 13.1 Å². The Hall–Kier alpha value is -3.06. The second-order valence-electron chi connectivity index (χ2n) is 5.36. The molecule has 4 aromatic rings. The van der Waals surface area contributed by atoms with Gasteiger partial charge >= 0.3 is 0 Å². The summed E-state index contributed by atoms with van der Waals surface area (Å²) in [5.74, 6) is 1.62. The Labute approximate surface area is 135 Å². The van der Waals surface area contributed by atoms with Gasteiger partial charge in [0, 0.05) is 22.8 Å². The van der Waals surface area contributed by atoms with Crippen LogP contribution in [0.5, 0.6) is 0 Å². The Morgan fingerprint density at radius 1 is 0.522 bits per heavy atom. The van der Waals surface area contributed by atoms with Crippen LogP contribution in [-0.4, -0.2) is 0 Å². The minimum Gasteiger partial charge on any atom is -0.455 e. The number of rotatable bonds is 3. The first-order valence-corrected chi connectivity index (χ1v) is 7.64. The van der Waals surface area contributed by atoms with Gasteiger partial charge in [0.15, 0.2) is 0 Å². The van der Waals surface area contributed by atoms with Crippen LogP contribution in [0.1, 0.15) is 0 Å². The number of benzene rings is 3. The average Bonchev–Trinajstić information content (AvgIpc) is 3.09. The molecule has 0 fully saturated rings. The van der Waals surface area contributed by atoms with Crippen LogP contribution in [0.4, 0.5) is 0 Å². The van der Waals surface area contributed by atoms with Gasteiger partial charge in [-0.2, -0.15) is 0 Å². The smallest absolute Gasteiger partial charge is 0.143 e. The van der Waals surface area contributed by atoms with Crippen LogP contribution in [0.3, 0.4) is 0 Å². The highest BCUT2D eigenvalue weighted by Gasteiger charge is 2.16. The predicted molar refractivity (Wildman–Crippen MR) is 93.9 cm³/mol. The van der Waals surface area contributed by atoms with E-state index in [-0.39, 0.29) is 0 Å². The highest BCUT2D eigenvalue weighted by atomic mass is 16.3. The molecule has 109 valence electrons. The Balaban J connectivity index is 1.91. The van der Waals surface area contributed by atoms with Crippen molar-refractivity contribution in [2.75, 3.05) is 0 Å². The summed E-state index contributed by atoms with van der Waals surface area (Å²) in [4.78, 5) is 0. The first-order chi connectivity index (χ1) is 11.4. The van der Waals surface area contributed by atoms with E-state index in [9.17, 15) is 0 Å². The summed E-state index contributed by atoms with van der Waals surface area (Å²) in [7, 11) is 0. The fraction of sp³-hybridized carbons (Fsp3) is 0. The maximum Gasteiger partial charge on any atom is 0.143 e. The number of hydrogen-bond donors (Lipinski definition) is 0. The van der Waals surface area contributed by atoms with Gasteiger partial charge in [-0.05, 0) is 5.56 Å². The van der Waals surface area contributed by atoms with Crippen molar-refractivity contribution < 1.29 is 4.42 Å². The third kappa shape index (κ3) is 2.69. The van der Waals surface area contributed by atoms with E-state index < -0.39 is 0 Å². The van der Waals surface area contributed by atoms with Gasteiger partial charge in [-0.1, -0.05) is 91.0 Å². The number of hydrogen-bond acceptors (Lipinski definition) is 1. The van der Waals surface area contributed by atoms with Crippen LogP contribution >= 0.6 is 0 Å². The quantitative estimate of drug-likeness (QED) is 0.446. The van der Waals surface area contributed by atoms with Crippen molar-refractivity contribution in [2.24, 2.45) is 0 Å². The van der Waals surface area contributed by atoms with E-state index in [2.05, 4.69) is 30.3 Å². The van der Waals surface area contributed by atoms with Crippen LogP contribution in [0, 0.1) is 6.07 Å². The van der Waals surface area contributed by atoms with Gasteiger partial charge in [-0.25, -0.2) is 0 Å². The van der Waals surface area contributed by atoms with E-state index in [1.807, 2.05) is 66.7 Å². The summed E-state index contributed by atoms with van der Waals surface area (Å²) in [6.07, 6.45) is 0. The van der Waals surface area contributed by atoms with E-state index in [1.54, 1.807) is 0 Å². The van der Waals surface area contributed by atoms with Gasteiger partial charge in [0.25, 0.3) is 0 Å². The second kappa shape index (κ2) is 5.98. The fourth-order valence-electron chi connectivity index (χ4n) is 2.67. The second-order valence-corrected chi connectivity index (χ2v) is 5.36. The monoisotopic (exact) mass is 295 g/mol. The molecule has 0 unspecified atom stereocenters. The van der Waals surface area contributed by atoms with Gasteiger partial charge in [0.2, 0.25) is 0 Å². The molecule has 0 aliphatic rings.